The fourth-order valence-corrected chi connectivity index (χ4v) is 4.57. The summed E-state index contributed by atoms with van der Waals surface area (Å²) in [6, 6.07) is -0.152. The molecule has 1 N–H and O–H groups in total. The molecular formula is C15H25N3O3S. The Morgan fingerprint density at radius 3 is 2.64 bits per heavy atom. The van der Waals surface area contributed by atoms with Crippen LogP contribution < -0.4 is 5.32 Å². The van der Waals surface area contributed by atoms with E-state index in [1.807, 2.05) is 6.92 Å². The number of carbonyl (C=O) groups is 1. The second-order valence-corrected chi connectivity index (χ2v) is 8.71. The van der Waals surface area contributed by atoms with E-state index in [1.165, 1.54) is 0 Å². The van der Waals surface area contributed by atoms with Crippen molar-refractivity contribution in [2.24, 2.45) is 5.92 Å². The summed E-state index contributed by atoms with van der Waals surface area (Å²) in [6.07, 6.45) is 1.50. The monoisotopic (exact) mass is 327 g/mol. The summed E-state index contributed by atoms with van der Waals surface area (Å²) < 4.78 is 25.0. The van der Waals surface area contributed by atoms with Crippen molar-refractivity contribution in [3.05, 3.63) is 17.0 Å². The standard InChI is InChI=1S/C15H25N3O3S/c1-10(2)5-7-16-15(19)14-11(3)17-18(12(14)4)13-6-8-22(20,21)9-13/h10,13H,5-9H2,1-4H3,(H,16,19)/t13-/m1/s1. The van der Waals surface area contributed by atoms with E-state index < -0.39 is 9.84 Å². The van der Waals surface area contributed by atoms with Crippen LogP contribution in [0.2, 0.25) is 0 Å². The summed E-state index contributed by atoms with van der Waals surface area (Å²) in [5.41, 5.74) is 1.98. The second-order valence-electron chi connectivity index (χ2n) is 6.49. The van der Waals surface area contributed by atoms with Crippen LogP contribution in [0.3, 0.4) is 0 Å². The fraction of sp³-hybridized carbons (Fsp3) is 0.733. The number of carbonyl (C=O) groups excluding carboxylic acids is 1. The molecule has 2 heterocycles. The van der Waals surface area contributed by atoms with E-state index in [4.69, 9.17) is 0 Å². The number of aryl methyl sites for hydroxylation is 1. The average molecular weight is 327 g/mol. The molecule has 1 fully saturated rings. The molecule has 0 aromatic carbocycles. The highest BCUT2D eigenvalue weighted by molar-refractivity contribution is 7.91. The average Bonchev–Trinajstić information content (AvgIpc) is 2.89. The van der Waals surface area contributed by atoms with Gasteiger partial charge >= 0.3 is 0 Å². The van der Waals surface area contributed by atoms with Crippen molar-refractivity contribution in [3.8, 4) is 0 Å². The van der Waals surface area contributed by atoms with Gasteiger partial charge in [-0.05, 0) is 32.6 Å². The van der Waals surface area contributed by atoms with Crippen molar-refractivity contribution in [1.82, 2.24) is 15.1 Å². The highest BCUT2D eigenvalue weighted by Gasteiger charge is 2.32. The third-order valence-corrected chi connectivity index (χ3v) is 5.86. The molecule has 0 unspecified atom stereocenters. The summed E-state index contributed by atoms with van der Waals surface area (Å²) >= 11 is 0. The van der Waals surface area contributed by atoms with Crippen LogP contribution in [0.5, 0.6) is 0 Å². The fourth-order valence-electron chi connectivity index (χ4n) is 2.88. The Bertz CT molecular complexity index is 662. The lowest BCUT2D eigenvalue weighted by atomic mass is 10.1. The van der Waals surface area contributed by atoms with Crippen LogP contribution in [-0.4, -0.2) is 42.2 Å². The van der Waals surface area contributed by atoms with E-state index >= 15 is 0 Å². The number of nitrogens with one attached hydrogen (secondary N) is 1. The van der Waals surface area contributed by atoms with Gasteiger partial charge in [0.05, 0.1) is 28.8 Å². The molecule has 124 valence electrons. The van der Waals surface area contributed by atoms with Gasteiger partial charge in [0.15, 0.2) is 9.84 Å². The van der Waals surface area contributed by atoms with Gasteiger partial charge in [-0.25, -0.2) is 8.42 Å². The number of hydrogen-bond acceptors (Lipinski definition) is 4. The minimum Gasteiger partial charge on any atom is -0.352 e. The summed E-state index contributed by atoms with van der Waals surface area (Å²) in [7, 11) is -2.97. The van der Waals surface area contributed by atoms with Gasteiger partial charge in [0.2, 0.25) is 0 Å². The maximum absolute atomic E-state index is 12.3. The molecule has 1 aromatic rings. The minimum absolute atomic E-state index is 0.114. The van der Waals surface area contributed by atoms with Crippen LogP contribution in [0.25, 0.3) is 0 Å². The normalized spacial score (nSPS) is 20.5. The van der Waals surface area contributed by atoms with E-state index in [0.717, 1.165) is 12.1 Å². The molecule has 1 aliphatic heterocycles. The van der Waals surface area contributed by atoms with Gasteiger partial charge in [-0.15, -0.1) is 0 Å². The number of rotatable bonds is 5. The number of nitrogens with zero attached hydrogens (tertiary/aromatic N) is 2. The van der Waals surface area contributed by atoms with Gasteiger partial charge in [0.1, 0.15) is 0 Å². The van der Waals surface area contributed by atoms with Crippen LogP contribution in [-0.2, 0) is 9.84 Å². The lowest BCUT2D eigenvalue weighted by molar-refractivity contribution is 0.0950. The predicted octanol–water partition coefficient (Wildman–Crippen LogP) is 1.64. The van der Waals surface area contributed by atoms with Gasteiger partial charge in [-0.3, -0.25) is 9.48 Å². The largest absolute Gasteiger partial charge is 0.352 e. The topological polar surface area (TPSA) is 81.1 Å². The maximum Gasteiger partial charge on any atom is 0.255 e. The SMILES string of the molecule is Cc1nn([C@@H]2CCS(=O)(=O)C2)c(C)c1C(=O)NCCC(C)C. The summed E-state index contributed by atoms with van der Waals surface area (Å²) in [6.45, 7) is 8.49. The molecule has 0 saturated carbocycles. The quantitative estimate of drug-likeness (QED) is 0.891. The number of hydrogen-bond donors (Lipinski definition) is 1. The Morgan fingerprint density at radius 2 is 2.09 bits per heavy atom. The van der Waals surface area contributed by atoms with E-state index in [2.05, 4.69) is 24.3 Å². The van der Waals surface area contributed by atoms with Crippen molar-refractivity contribution >= 4 is 15.7 Å². The molecule has 0 radical (unpaired) electrons. The number of aromatic nitrogens is 2. The first-order chi connectivity index (χ1) is 10.2. The van der Waals surface area contributed by atoms with Crippen molar-refractivity contribution in [2.75, 3.05) is 18.1 Å². The highest BCUT2D eigenvalue weighted by atomic mass is 32.2. The maximum atomic E-state index is 12.3. The second kappa shape index (κ2) is 6.40. The lowest BCUT2D eigenvalue weighted by Gasteiger charge is -2.11. The van der Waals surface area contributed by atoms with E-state index in [9.17, 15) is 13.2 Å². The molecule has 1 amide bonds. The molecule has 0 spiro atoms. The molecule has 1 atom stereocenters. The first-order valence-electron chi connectivity index (χ1n) is 7.75. The van der Waals surface area contributed by atoms with Crippen molar-refractivity contribution in [1.29, 1.82) is 0 Å². The number of amides is 1. The zero-order valence-electron chi connectivity index (χ0n) is 13.7. The Kier molecular flexibility index (Phi) is 4.94. The molecular weight excluding hydrogens is 302 g/mol. The van der Waals surface area contributed by atoms with Crippen molar-refractivity contribution < 1.29 is 13.2 Å². The van der Waals surface area contributed by atoms with Gasteiger partial charge in [-0.2, -0.15) is 5.10 Å². The molecule has 1 aliphatic rings. The molecule has 1 aromatic heterocycles. The molecule has 2 rings (SSSR count). The molecule has 1 saturated heterocycles. The molecule has 0 aliphatic carbocycles. The molecule has 22 heavy (non-hydrogen) atoms. The van der Waals surface area contributed by atoms with Crippen LogP contribution in [0.15, 0.2) is 0 Å². The molecule has 0 bridgehead atoms. The predicted molar refractivity (Wildman–Crippen MR) is 85.8 cm³/mol. The van der Waals surface area contributed by atoms with Crippen LogP contribution in [0.4, 0.5) is 0 Å². The highest BCUT2D eigenvalue weighted by Crippen LogP contribution is 2.26. The lowest BCUT2D eigenvalue weighted by Crippen LogP contribution is -2.26. The van der Waals surface area contributed by atoms with Crippen LogP contribution >= 0.6 is 0 Å². The van der Waals surface area contributed by atoms with Gasteiger partial charge in [0.25, 0.3) is 5.91 Å². The van der Waals surface area contributed by atoms with Crippen molar-refractivity contribution in [2.45, 2.75) is 46.6 Å². The van der Waals surface area contributed by atoms with Crippen LogP contribution in [0.1, 0.15) is 54.5 Å². The van der Waals surface area contributed by atoms with E-state index in [-0.39, 0.29) is 23.5 Å². The Balaban J connectivity index is 2.15. The zero-order valence-corrected chi connectivity index (χ0v) is 14.5. The summed E-state index contributed by atoms with van der Waals surface area (Å²) in [4.78, 5) is 12.3. The van der Waals surface area contributed by atoms with Gasteiger partial charge in [-0.1, -0.05) is 13.8 Å². The van der Waals surface area contributed by atoms with E-state index in [0.29, 0.717) is 30.1 Å². The Hall–Kier alpha value is -1.37. The third kappa shape index (κ3) is 3.69. The Labute approximate surface area is 132 Å². The summed E-state index contributed by atoms with van der Waals surface area (Å²) in [5, 5.41) is 7.33. The molecule has 7 heteroatoms. The van der Waals surface area contributed by atoms with Gasteiger partial charge in [0, 0.05) is 12.2 Å². The van der Waals surface area contributed by atoms with Gasteiger partial charge < -0.3 is 5.32 Å². The van der Waals surface area contributed by atoms with E-state index in [1.54, 1.807) is 11.6 Å². The first kappa shape index (κ1) is 17.0. The number of sulfone groups is 1. The smallest absolute Gasteiger partial charge is 0.255 e. The molecule has 6 nitrogen and oxygen atoms in total. The Morgan fingerprint density at radius 1 is 1.41 bits per heavy atom. The first-order valence-corrected chi connectivity index (χ1v) is 9.57. The third-order valence-electron chi connectivity index (χ3n) is 4.11. The van der Waals surface area contributed by atoms with Crippen molar-refractivity contribution in [3.63, 3.8) is 0 Å². The van der Waals surface area contributed by atoms with Crippen LogP contribution in [0, 0.1) is 19.8 Å². The minimum atomic E-state index is -2.97. The summed E-state index contributed by atoms with van der Waals surface area (Å²) in [5.74, 6) is 0.728. The zero-order chi connectivity index (χ0) is 16.5.